The highest BCUT2D eigenvalue weighted by molar-refractivity contribution is 7.87. The predicted molar refractivity (Wildman–Crippen MR) is 58.9 cm³/mol. The van der Waals surface area contributed by atoms with Gasteiger partial charge in [0.1, 0.15) is 0 Å². The first-order chi connectivity index (χ1) is 8.70. The van der Waals surface area contributed by atoms with Gasteiger partial charge in [0.2, 0.25) is 0 Å². The highest BCUT2D eigenvalue weighted by Gasteiger charge is 2.64. The van der Waals surface area contributed by atoms with E-state index in [1.54, 1.807) is 0 Å². The third-order valence-corrected chi connectivity index (χ3v) is 6.19. The molecule has 108 valence electrons. The molecule has 2 aliphatic carbocycles. The smallest absolute Gasteiger partial charge is 0.376 e. The van der Waals surface area contributed by atoms with E-state index in [9.17, 15) is 22.0 Å². The first kappa shape index (κ1) is 13.2. The molecule has 2 saturated carbocycles. The van der Waals surface area contributed by atoms with E-state index in [1.165, 1.54) is 0 Å². The highest BCUT2D eigenvalue weighted by atomic mass is 32.2. The normalized spacial score (nSPS) is 42.6. The van der Waals surface area contributed by atoms with Crippen molar-refractivity contribution >= 4 is 16.1 Å². The number of hydrogen-bond acceptors (Lipinski definition) is 5. The fraction of sp³-hybridized carbons (Fsp3) is 0.909. The zero-order valence-electron chi connectivity index (χ0n) is 10.2. The van der Waals surface area contributed by atoms with Crippen molar-refractivity contribution in [2.45, 2.75) is 37.0 Å². The summed E-state index contributed by atoms with van der Waals surface area (Å²) in [6, 6.07) is 0. The van der Waals surface area contributed by atoms with Crippen LogP contribution in [0.25, 0.3) is 0 Å². The second-order valence-corrected chi connectivity index (χ2v) is 7.42. The number of alkyl halides is 2. The average molecular weight is 296 g/mol. The summed E-state index contributed by atoms with van der Waals surface area (Å²) in [6.45, 7) is 0.277. The van der Waals surface area contributed by atoms with Crippen molar-refractivity contribution < 1.29 is 30.9 Å². The van der Waals surface area contributed by atoms with Crippen LogP contribution in [0.1, 0.15) is 19.8 Å². The Morgan fingerprint density at radius 3 is 2.74 bits per heavy atom. The fourth-order valence-electron chi connectivity index (χ4n) is 3.58. The van der Waals surface area contributed by atoms with Gasteiger partial charge in [-0.3, -0.25) is 4.18 Å². The Kier molecular flexibility index (Phi) is 2.70. The third kappa shape index (κ3) is 1.96. The standard InChI is InChI=1S/C11H14F2O5S/c1-11(12,13)10(14)17-4-7-5-2-6-8(3-5)19(15,16)18-9(6)7/h5-9H,2-4H2,1H3. The molecule has 2 bridgehead atoms. The van der Waals surface area contributed by atoms with E-state index in [1.807, 2.05) is 0 Å². The van der Waals surface area contributed by atoms with Gasteiger partial charge in [0.15, 0.2) is 0 Å². The molecule has 0 aromatic rings. The number of carbonyl (C=O) groups excluding carboxylic acids is 1. The molecular formula is C11H14F2O5S. The first-order valence-electron chi connectivity index (χ1n) is 6.17. The summed E-state index contributed by atoms with van der Waals surface area (Å²) in [5.41, 5.74) is 0. The van der Waals surface area contributed by atoms with E-state index >= 15 is 0 Å². The molecule has 5 nitrogen and oxygen atoms in total. The molecule has 0 spiro atoms. The second kappa shape index (κ2) is 3.88. The largest absolute Gasteiger partial charge is 0.461 e. The number of carbonyl (C=O) groups is 1. The van der Waals surface area contributed by atoms with Crippen molar-refractivity contribution in [3.8, 4) is 0 Å². The minimum Gasteiger partial charge on any atom is -0.461 e. The lowest BCUT2D eigenvalue weighted by molar-refractivity contribution is -0.171. The lowest BCUT2D eigenvalue weighted by Crippen LogP contribution is -2.35. The maximum absolute atomic E-state index is 12.7. The lowest BCUT2D eigenvalue weighted by Gasteiger charge is -2.24. The first-order valence-corrected chi connectivity index (χ1v) is 7.64. The van der Waals surface area contributed by atoms with E-state index in [4.69, 9.17) is 4.18 Å². The number of ether oxygens (including phenoxy) is 1. The molecule has 0 N–H and O–H groups in total. The SMILES string of the molecule is CC(F)(F)C(=O)OCC1C2CC3C1OS(=O)(=O)C3C2. The van der Waals surface area contributed by atoms with Gasteiger partial charge in [0.25, 0.3) is 10.1 Å². The van der Waals surface area contributed by atoms with Gasteiger partial charge in [0, 0.05) is 18.8 Å². The molecule has 8 heteroatoms. The Hall–Kier alpha value is -0.760. The Morgan fingerprint density at radius 2 is 2.11 bits per heavy atom. The van der Waals surface area contributed by atoms with Crippen LogP contribution in [-0.2, 0) is 23.8 Å². The molecule has 0 aromatic heterocycles. The van der Waals surface area contributed by atoms with Crippen LogP contribution in [0.3, 0.4) is 0 Å². The van der Waals surface area contributed by atoms with Gasteiger partial charge >= 0.3 is 11.9 Å². The number of hydrogen-bond donors (Lipinski definition) is 0. The third-order valence-electron chi connectivity index (χ3n) is 4.42. The van der Waals surface area contributed by atoms with Crippen molar-refractivity contribution in [2.75, 3.05) is 6.61 Å². The van der Waals surface area contributed by atoms with Crippen LogP contribution >= 0.6 is 0 Å². The van der Waals surface area contributed by atoms with Gasteiger partial charge in [0.05, 0.1) is 18.0 Å². The summed E-state index contributed by atoms with van der Waals surface area (Å²) in [7, 11) is -3.52. The zero-order valence-corrected chi connectivity index (χ0v) is 11.0. The highest BCUT2D eigenvalue weighted by Crippen LogP contribution is 2.57. The van der Waals surface area contributed by atoms with Crippen LogP contribution in [-0.4, -0.2) is 38.3 Å². The fourth-order valence-corrected chi connectivity index (χ4v) is 5.50. The summed E-state index contributed by atoms with van der Waals surface area (Å²) < 4.78 is 58.4. The molecule has 0 radical (unpaired) electrons. The topological polar surface area (TPSA) is 69.7 Å². The predicted octanol–water partition coefficient (Wildman–Crippen LogP) is 0.938. The summed E-state index contributed by atoms with van der Waals surface area (Å²) in [5, 5.41) is -0.456. The molecule has 5 unspecified atom stereocenters. The van der Waals surface area contributed by atoms with Crippen LogP contribution in [0.15, 0.2) is 0 Å². The summed E-state index contributed by atoms with van der Waals surface area (Å²) in [4.78, 5) is 11.0. The van der Waals surface area contributed by atoms with Gasteiger partial charge < -0.3 is 4.74 Å². The van der Waals surface area contributed by atoms with Gasteiger partial charge in [-0.1, -0.05) is 0 Å². The van der Waals surface area contributed by atoms with E-state index in [0.717, 1.165) is 0 Å². The zero-order chi connectivity index (χ0) is 14.0. The van der Waals surface area contributed by atoms with E-state index in [0.29, 0.717) is 19.8 Å². The van der Waals surface area contributed by atoms with E-state index in [2.05, 4.69) is 4.74 Å². The number of rotatable bonds is 3. The Balaban J connectivity index is 1.68. The van der Waals surface area contributed by atoms with Gasteiger partial charge in [-0.05, 0) is 18.8 Å². The van der Waals surface area contributed by atoms with Crippen LogP contribution in [0.4, 0.5) is 8.78 Å². The molecule has 1 aliphatic heterocycles. The molecule has 5 atom stereocenters. The van der Waals surface area contributed by atoms with Crippen molar-refractivity contribution in [3.05, 3.63) is 0 Å². The van der Waals surface area contributed by atoms with Crippen LogP contribution in [0, 0.1) is 17.8 Å². The number of fused-ring (bicyclic) bond motifs is 1. The molecule has 1 heterocycles. The van der Waals surface area contributed by atoms with Crippen molar-refractivity contribution in [1.29, 1.82) is 0 Å². The molecule has 0 aromatic carbocycles. The van der Waals surface area contributed by atoms with Crippen molar-refractivity contribution in [3.63, 3.8) is 0 Å². The summed E-state index contributed by atoms with van der Waals surface area (Å²) >= 11 is 0. The monoisotopic (exact) mass is 296 g/mol. The summed E-state index contributed by atoms with van der Waals surface area (Å²) in [6.07, 6.45) is 0.681. The minimum atomic E-state index is -3.53. The Labute approximate surface area is 109 Å². The van der Waals surface area contributed by atoms with Crippen molar-refractivity contribution in [2.24, 2.45) is 17.8 Å². The van der Waals surface area contributed by atoms with Crippen LogP contribution in [0.2, 0.25) is 0 Å². The quantitative estimate of drug-likeness (QED) is 0.572. The van der Waals surface area contributed by atoms with E-state index in [-0.39, 0.29) is 24.4 Å². The van der Waals surface area contributed by atoms with Crippen molar-refractivity contribution in [1.82, 2.24) is 0 Å². The molecule has 1 saturated heterocycles. The summed E-state index contributed by atoms with van der Waals surface area (Å²) in [5.74, 6) is -5.38. The number of halogens is 2. The molecule has 0 amide bonds. The lowest BCUT2D eigenvalue weighted by atomic mass is 9.87. The maximum atomic E-state index is 12.7. The number of esters is 1. The minimum absolute atomic E-state index is 0.0687. The van der Waals surface area contributed by atoms with Crippen LogP contribution < -0.4 is 0 Å². The Morgan fingerprint density at radius 1 is 1.42 bits per heavy atom. The maximum Gasteiger partial charge on any atom is 0.376 e. The van der Waals surface area contributed by atoms with Crippen LogP contribution in [0.5, 0.6) is 0 Å². The van der Waals surface area contributed by atoms with Gasteiger partial charge in [-0.15, -0.1) is 0 Å². The molecule has 3 rings (SSSR count). The Bertz CT molecular complexity index is 512. The van der Waals surface area contributed by atoms with Gasteiger partial charge in [-0.2, -0.15) is 17.2 Å². The molecule has 3 fully saturated rings. The molecular weight excluding hydrogens is 282 g/mol. The average Bonchev–Trinajstić information content (AvgIpc) is 2.86. The van der Waals surface area contributed by atoms with E-state index < -0.39 is 33.4 Å². The molecule has 19 heavy (non-hydrogen) atoms. The second-order valence-electron chi connectivity index (χ2n) is 5.64. The molecule has 3 aliphatic rings. The van der Waals surface area contributed by atoms with Gasteiger partial charge in [-0.25, -0.2) is 4.79 Å².